The third-order valence-corrected chi connectivity index (χ3v) is 4.29. The maximum Gasteiger partial charge on any atom is 0.291 e. The molecule has 0 atom stereocenters. The number of halogens is 1. The lowest BCUT2D eigenvalue weighted by atomic mass is 10.2. The number of carbonyl (C=O) groups is 1. The average molecular weight is 360 g/mol. The van der Waals surface area contributed by atoms with Gasteiger partial charge in [-0.1, -0.05) is 6.07 Å². The number of benzene rings is 2. The van der Waals surface area contributed by atoms with Gasteiger partial charge in [-0.3, -0.25) is 4.79 Å². The molecule has 1 heterocycles. The van der Waals surface area contributed by atoms with Gasteiger partial charge in [0.15, 0.2) is 5.76 Å². The molecule has 3 rings (SSSR count). The number of nitrogens with two attached hydrogens (primary N) is 1. The van der Waals surface area contributed by atoms with Crippen molar-refractivity contribution in [2.24, 2.45) is 5.14 Å². The highest BCUT2D eigenvalue weighted by molar-refractivity contribution is 7.89. The molecular weight excluding hydrogens is 347 g/mol. The summed E-state index contributed by atoms with van der Waals surface area (Å²) in [6.45, 7) is 0. The summed E-state index contributed by atoms with van der Waals surface area (Å²) >= 11 is 0. The number of carbonyl (C=O) groups excluding carboxylic acids is 1. The molecule has 0 fully saturated rings. The average Bonchev–Trinajstić information content (AvgIpc) is 3.05. The first-order chi connectivity index (χ1) is 11.8. The Balaban J connectivity index is 1.80. The highest BCUT2D eigenvalue weighted by Gasteiger charge is 2.14. The monoisotopic (exact) mass is 360 g/mol. The van der Waals surface area contributed by atoms with E-state index in [1.165, 1.54) is 54.6 Å². The Morgan fingerprint density at radius 1 is 1.04 bits per heavy atom. The first-order valence-electron chi connectivity index (χ1n) is 7.13. The largest absolute Gasteiger partial charge is 0.451 e. The molecule has 25 heavy (non-hydrogen) atoms. The fourth-order valence-corrected chi connectivity index (χ4v) is 2.73. The minimum Gasteiger partial charge on any atom is -0.451 e. The maximum atomic E-state index is 12.9. The lowest BCUT2D eigenvalue weighted by Crippen LogP contribution is -2.14. The Morgan fingerprint density at radius 2 is 1.76 bits per heavy atom. The van der Waals surface area contributed by atoms with Gasteiger partial charge in [0.25, 0.3) is 5.91 Å². The van der Waals surface area contributed by atoms with Crippen molar-refractivity contribution in [2.75, 3.05) is 5.32 Å². The van der Waals surface area contributed by atoms with Crippen LogP contribution < -0.4 is 10.5 Å². The predicted molar refractivity (Wildman–Crippen MR) is 89.9 cm³/mol. The van der Waals surface area contributed by atoms with Gasteiger partial charge in [0.05, 0.1) is 4.90 Å². The van der Waals surface area contributed by atoms with Crippen molar-refractivity contribution in [3.05, 3.63) is 72.2 Å². The molecule has 0 aliphatic heterocycles. The first kappa shape index (κ1) is 16.9. The van der Waals surface area contributed by atoms with E-state index in [9.17, 15) is 17.6 Å². The molecule has 3 N–H and O–H groups in total. The van der Waals surface area contributed by atoms with Crippen molar-refractivity contribution in [1.82, 2.24) is 0 Å². The fourth-order valence-electron chi connectivity index (χ4n) is 2.17. The molecule has 1 aromatic heterocycles. The van der Waals surface area contributed by atoms with E-state index in [4.69, 9.17) is 9.56 Å². The normalized spacial score (nSPS) is 11.3. The van der Waals surface area contributed by atoms with Gasteiger partial charge in [0, 0.05) is 11.3 Å². The summed E-state index contributed by atoms with van der Waals surface area (Å²) in [5, 5.41) is 7.59. The topological polar surface area (TPSA) is 102 Å². The highest BCUT2D eigenvalue weighted by atomic mass is 32.2. The molecule has 0 saturated heterocycles. The molecule has 0 bridgehead atoms. The summed E-state index contributed by atoms with van der Waals surface area (Å²) < 4.78 is 41.1. The standard InChI is InChI=1S/C17H13FN2O4S/c18-12-6-4-11(5-7-12)15-8-9-16(24-15)17(21)20-13-2-1-3-14(10-13)25(19,22)23/h1-10H,(H,20,21)(H2,19,22,23). The third-order valence-electron chi connectivity index (χ3n) is 3.38. The van der Waals surface area contributed by atoms with Crippen molar-refractivity contribution in [1.29, 1.82) is 0 Å². The van der Waals surface area contributed by atoms with Gasteiger partial charge in [0.1, 0.15) is 11.6 Å². The summed E-state index contributed by atoms with van der Waals surface area (Å²) in [6.07, 6.45) is 0. The molecule has 0 unspecified atom stereocenters. The summed E-state index contributed by atoms with van der Waals surface area (Å²) in [4.78, 5) is 12.1. The Morgan fingerprint density at radius 3 is 2.44 bits per heavy atom. The predicted octanol–water partition coefficient (Wildman–Crippen LogP) is 2.99. The number of hydrogen-bond acceptors (Lipinski definition) is 4. The summed E-state index contributed by atoms with van der Waals surface area (Å²) in [5.74, 6) is -0.494. The second kappa shape index (κ2) is 6.50. The van der Waals surface area contributed by atoms with Gasteiger partial charge < -0.3 is 9.73 Å². The van der Waals surface area contributed by atoms with Crippen molar-refractivity contribution in [3.63, 3.8) is 0 Å². The Labute approximate surface area is 143 Å². The Hall–Kier alpha value is -2.97. The van der Waals surface area contributed by atoms with E-state index in [-0.39, 0.29) is 22.2 Å². The molecule has 2 aromatic carbocycles. The van der Waals surface area contributed by atoms with Crippen molar-refractivity contribution >= 4 is 21.6 Å². The quantitative estimate of drug-likeness (QED) is 0.746. The zero-order valence-corrected chi connectivity index (χ0v) is 13.6. The third kappa shape index (κ3) is 3.93. The van der Waals surface area contributed by atoms with Crippen LogP contribution in [0.5, 0.6) is 0 Å². The Kier molecular flexibility index (Phi) is 4.39. The molecule has 0 spiro atoms. The second-order valence-electron chi connectivity index (χ2n) is 5.20. The SMILES string of the molecule is NS(=O)(=O)c1cccc(NC(=O)c2ccc(-c3ccc(F)cc3)o2)c1. The zero-order valence-electron chi connectivity index (χ0n) is 12.8. The number of sulfonamides is 1. The Bertz CT molecular complexity index is 1030. The van der Waals surface area contributed by atoms with Crippen LogP contribution in [0.2, 0.25) is 0 Å². The minimum atomic E-state index is -3.87. The van der Waals surface area contributed by atoms with Gasteiger partial charge in [0.2, 0.25) is 10.0 Å². The highest BCUT2D eigenvalue weighted by Crippen LogP contribution is 2.23. The lowest BCUT2D eigenvalue weighted by Gasteiger charge is -2.05. The van der Waals surface area contributed by atoms with E-state index in [0.717, 1.165) is 0 Å². The number of nitrogens with one attached hydrogen (secondary N) is 1. The van der Waals surface area contributed by atoms with Crippen LogP contribution >= 0.6 is 0 Å². The lowest BCUT2D eigenvalue weighted by molar-refractivity contribution is 0.0997. The van der Waals surface area contributed by atoms with E-state index in [2.05, 4.69) is 5.32 Å². The fraction of sp³-hybridized carbons (Fsp3) is 0. The van der Waals surface area contributed by atoms with Crippen molar-refractivity contribution in [2.45, 2.75) is 4.90 Å². The van der Waals surface area contributed by atoms with Crippen LogP contribution in [0, 0.1) is 5.82 Å². The van der Waals surface area contributed by atoms with Crippen molar-refractivity contribution < 1.29 is 22.0 Å². The second-order valence-corrected chi connectivity index (χ2v) is 6.76. The molecule has 128 valence electrons. The van der Waals surface area contributed by atoms with E-state index in [0.29, 0.717) is 11.3 Å². The first-order valence-corrected chi connectivity index (χ1v) is 8.67. The van der Waals surface area contributed by atoms with Crippen LogP contribution in [0.4, 0.5) is 10.1 Å². The van der Waals surface area contributed by atoms with Crippen molar-refractivity contribution in [3.8, 4) is 11.3 Å². The molecule has 1 amide bonds. The smallest absolute Gasteiger partial charge is 0.291 e. The number of primary sulfonamides is 1. The number of anilines is 1. The van der Waals surface area contributed by atoms with Crippen LogP contribution in [-0.4, -0.2) is 14.3 Å². The van der Waals surface area contributed by atoms with Gasteiger partial charge in [-0.25, -0.2) is 17.9 Å². The van der Waals surface area contributed by atoms with E-state index >= 15 is 0 Å². The van der Waals surface area contributed by atoms with Gasteiger partial charge in [-0.15, -0.1) is 0 Å². The summed E-state index contributed by atoms with van der Waals surface area (Å²) in [6, 6.07) is 14.3. The van der Waals surface area contributed by atoms with Gasteiger partial charge in [-0.05, 0) is 54.6 Å². The molecule has 0 aliphatic rings. The minimum absolute atomic E-state index is 0.0281. The molecular formula is C17H13FN2O4S. The van der Waals surface area contributed by atoms with Gasteiger partial charge >= 0.3 is 0 Å². The number of hydrogen-bond donors (Lipinski definition) is 2. The van der Waals surface area contributed by atoms with Crippen LogP contribution in [-0.2, 0) is 10.0 Å². The summed E-state index contributed by atoms with van der Waals surface area (Å²) in [5.41, 5.74) is 0.882. The number of furan rings is 1. The molecule has 8 heteroatoms. The van der Waals surface area contributed by atoms with E-state index in [1.807, 2.05) is 0 Å². The molecule has 3 aromatic rings. The molecule has 0 saturated carbocycles. The molecule has 0 aliphatic carbocycles. The molecule has 6 nitrogen and oxygen atoms in total. The van der Waals surface area contributed by atoms with Crippen LogP contribution in [0.15, 0.2) is 70.0 Å². The maximum absolute atomic E-state index is 12.9. The molecule has 0 radical (unpaired) electrons. The number of amides is 1. The van der Waals surface area contributed by atoms with Gasteiger partial charge in [-0.2, -0.15) is 0 Å². The van der Waals surface area contributed by atoms with Crippen LogP contribution in [0.3, 0.4) is 0 Å². The van der Waals surface area contributed by atoms with E-state index < -0.39 is 15.9 Å². The zero-order chi connectivity index (χ0) is 18.0. The number of rotatable bonds is 4. The summed E-state index contributed by atoms with van der Waals surface area (Å²) in [7, 11) is -3.87. The van der Waals surface area contributed by atoms with Crippen LogP contribution in [0.1, 0.15) is 10.6 Å². The van der Waals surface area contributed by atoms with E-state index in [1.54, 1.807) is 6.07 Å². The van der Waals surface area contributed by atoms with Crippen LogP contribution in [0.25, 0.3) is 11.3 Å².